The highest BCUT2D eigenvalue weighted by Gasteiger charge is 2.43. The van der Waals surface area contributed by atoms with Crippen molar-refractivity contribution in [3.8, 4) is 0 Å². The molecule has 0 aromatic heterocycles. The summed E-state index contributed by atoms with van der Waals surface area (Å²) in [6, 6.07) is 2.54. The predicted molar refractivity (Wildman–Crippen MR) is 291 cm³/mol. The van der Waals surface area contributed by atoms with E-state index in [0.717, 1.165) is 12.8 Å². The molecule has 0 aromatic carbocycles. The van der Waals surface area contributed by atoms with E-state index in [9.17, 15) is 9.59 Å². The molecule has 0 aliphatic heterocycles. The number of rotatable bonds is 46. The lowest BCUT2D eigenvalue weighted by Gasteiger charge is -2.30. The van der Waals surface area contributed by atoms with Gasteiger partial charge in [-0.25, -0.2) is 0 Å². The van der Waals surface area contributed by atoms with Crippen LogP contribution in [0.25, 0.3) is 0 Å². The average Bonchev–Trinajstić information content (AvgIpc) is 3.28. The molecule has 0 rings (SSSR count). The maximum absolute atomic E-state index is 12.4. The van der Waals surface area contributed by atoms with Crippen LogP contribution in [0.5, 0.6) is 0 Å². The van der Waals surface area contributed by atoms with Crippen LogP contribution >= 0.6 is 49.7 Å². The van der Waals surface area contributed by atoms with Gasteiger partial charge in [0.2, 0.25) is 0 Å². The summed E-state index contributed by atoms with van der Waals surface area (Å²) >= 11 is 18.9. The minimum Gasteiger partial charge on any atom is -0.487 e. The molecule has 2 unspecified atom stereocenters. The molecule has 0 spiro atoms. The SMILES string of the molecule is CCO[Si](CCCC(C(=O)S)C(CCC[Si](OCC)(OCC)OCC)C(=O)S)(OCC)OCC.CCO[Si](CCCOC(=S)CCC(=S)OCCC[Si](OCC)(OCC)OCC)(OCC)OCC. The van der Waals surface area contributed by atoms with Crippen LogP contribution in [0.1, 0.15) is 134 Å². The molecule has 0 heterocycles. The molecule has 0 aromatic rings. The van der Waals surface area contributed by atoms with Gasteiger partial charge in [0.1, 0.15) is 0 Å². The molecule has 0 N–H and O–H groups in total. The van der Waals surface area contributed by atoms with Crippen LogP contribution in [0.2, 0.25) is 24.2 Å². The van der Waals surface area contributed by atoms with E-state index in [2.05, 4.69) is 25.3 Å². The van der Waals surface area contributed by atoms with Gasteiger partial charge in [-0.05, 0) is 146 Å². The molecule has 0 amide bonds. The average molecular weight is 1120 g/mol. The van der Waals surface area contributed by atoms with E-state index >= 15 is 0 Å². The Morgan fingerprint density at radius 2 is 0.559 bits per heavy atom. The Kier molecular flexibility index (Phi) is 45.1. The van der Waals surface area contributed by atoms with Crippen LogP contribution < -0.4 is 0 Å². The van der Waals surface area contributed by atoms with Gasteiger partial charge in [0.25, 0.3) is 0 Å². The Hall–Kier alpha value is 0.208. The summed E-state index contributed by atoms with van der Waals surface area (Å²) in [7, 11) is -10.9. The van der Waals surface area contributed by atoms with Crippen molar-refractivity contribution in [1.29, 1.82) is 0 Å². The third kappa shape index (κ3) is 31.1. The number of thiol groups is 2. The quantitative estimate of drug-likeness (QED) is 0.0256. The Morgan fingerprint density at radius 1 is 0.368 bits per heavy atom. The van der Waals surface area contributed by atoms with Gasteiger partial charge in [-0.3, -0.25) is 9.59 Å². The summed E-state index contributed by atoms with van der Waals surface area (Å²) in [5.41, 5.74) is 0. The van der Waals surface area contributed by atoms with Crippen molar-refractivity contribution in [2.75, 3.05) is 92.5 Å². The fraction of sp³-hybridized carbons (Fsp3) is 0.909. The minimum absolute atomic E-state index is 0.313. The van der Waals surface area contributed by atoms with E-state index in [4.69, 9.17) is 87.0 Å². The molecule has 0 fully saturated rings. The largest absolute Gasteiger partial charge is 0.501 e. The Balaban J connectivity index is 0. The van der Waals surface area contributed by atoms with Crippen molar-refractivity contribution >= 4 is 105 Å². The Bertz CT molecular complexity index is 1140. The number of ether oxygens (including phenoxy) is 2. The van der Waals surface area contributed by atoms with Crippen molar-refractivity contribution in [2.45, 2.75) is 159 Å². The highest BCUT2D eigenvalue weighted by atomic mass is 32.1. The van der Waals surface area contributed by atoms with Crippen LogP contribution in [-0.4, -0.2) is 148 Å². The summed E-state index contributed by atoms with van der Waals surface area (Å²) in [5, 5.41) is 0.425. The maximum atomic E-state index is 12.4. The van der Waals surface area contributed by atoms with Crippen molar-refractivity contribution < 1.29 is 72.2 Å². The highest BCUT2D eigenvalue weighted by molar-refractivity contribution is 7.97. The number of carbonyl (C=O) groups excluding carboxylic acids is 2. The summed E-state index contributed by atoms with van der Waals surface area (Å²) in [5.74, 6) is -1.10. The van der Waals surface area contributed by atoms with Crippen LogP contribution in [-0.2, 0) is 72.2 Å². The van der Waals surface area contributed by atoms with E-state index in [1.165, 1.54) is 0 Å². The van der Waals surface area contributed by atoms with E-state index in [-0.39, 0.29) is 10.2 Å². The van der Waals surface area contributed by atoms with Gasteiger partial charge in [-0.2, -0.15) is 0 Å². The predicted octanol–water partition coefficient (Wildman–Crippen LogP) is 10.1. The van der Waals surface area contributed by atoms with Crippen LogP contribution in [0.15, 0.2) is 0 Å². The molecule has 0 bridgehead atoms. The van der Waals surface area contributed by atoms with E-state index in [1.807, 2.05) is 83.1 Å². The number of hydrogen-bond donors (Lipinski definition) is 2. The second-order valence-corrected chi connectivity index (χ2v) is 27.5. The summed E-state index contributed by atoms with van der Waals surface area (Å²) in [4.78, 5) is 24.8. The van der Waals surface area contributed by atoms with Gasteiger partial charge >= 0.3 is 35.2 Å². The summed E-state index contributed by atoms with van der Waals surface area (Å²) < 4.78 is 82.0. The second-order valence-electron chi connectivity index (χ2n) is 14.8. The Morgan fingerprint density at radius 3 is 0.735 bits per heavy atom. The molecule has 68 heavy (non-hydrogen) atoms. The second kappa shape index (κ2) is 43.6. The van der Waals surface area contributed by atoms with Gasteiger partial charge in [0, 0.05) is 128 Å². The van der Waals surface area contributed by atoms with Crippen molar-refractivity contribution in [1.82, 2.24) is 0 Å². The normalized spacial score (nSPS) is 13.1. The van der Waals surface area contributed by atoms with Gasteiger partial charge in [0.15, 0.2) is 20.3 Å². The molecular formula is C44H92O16S4Si4. The molecule has 2 atom stereocenters. The van der Waals surface area contributed by atoms with Crippen molar-refractivity contribution in [2.24, 2.45) is 11.8 Å². The number of thiocarbonyl (C=S) groups is 2. The lowest BCUT2D eigenvalue weighted by molar-refractivity contribution is -0.123. The zero-order valence-corrected chi connectivity index (χ0v) is 51.2. The summed E-state index contributed by atoms with van der Waals surface area (Å²) in [6.45, 7) is 30.5. The number of carbonyl (C=O) groups is 2. The first-order valence-electron chi connectivity index (χ1n) is 25.0. The van der Waals surface area contributed by atoms with E-state index in [1.54, 1.807) is 0 Å². The third-order valence-corrected chi connectivity index (χ3v) is 23.7. The zero-order valence-electron chi connectivity index (χ0n) is 43.8. The van der Waals surface area contributed by atoms with Gasteiger partial charge in [-0.1, -0.05) is 0 Å². The van der Waals surface area contributed by atoms with Gasteiger partial charge < -0.3 is 62.6 Å². The fourth-order valence-corrected chi connectivity index (χ4v) is 18.8. The molecule has 404 valence electrons. The topological polar surface area (TPSA) is 163 Å². The highest BCUT2D eigenvalue weighted by Crippen LogP contribution is 2.32. The zero-order chi connectivity index (χ0) is 51.7. The molecule has 0 radical (unpaired) electrons. The maximum Gasteiger partial charge on any atom is 0.501 e. The van der Waals surface area contributed by atoms with Crippen LogP contribution in [0.4, 0.5) is 0 Å². The number of hydrogen-bond acceptors (Lipinski definition) is 18. The molecular weight excluding hydrogens is 1030 g/mol. The third-order valence-electron chi connectivity index (χ3n) is 9.80. The van der Waals surface area contributed by atoms with E-state index in [0.29, 0.717) is 165 Å². The molecule has 0 saturated carbocycles. The van der Waals surface area contributed by atoms with Gasteiger partial charge in [-0.15, -0.1) is 25.3 Å². The smallest absolute Gasteiger partial charge is 0.487 e. The molecule has 16 nitrogen and oxygen atoms in total. The molecule has 0 saturated heterocycles. The molecule has 24 heteroatoms. The van der Waals surface area contributed by atoms with Crippen LogP contribution in [0, 0.1) is 11.8 Å². The van der Waals surface area contributed by atoms with Crippen molar-refractivity contribution in [3.05, 3.63) is 0 Å². The summed E-state index contributed by atoms with van der Waals surface area (Å²) in [6.07, 6.45) is 4.80. The first-order valence-corrected chi connectivity index (χ1v) is 34.4. The first-order chi connectivity index (χ1) is 32.6. The fourth-order valence-electron chi connectivity index (χ4n) is 7.37. The van der Waals surface area contributed by atoms with Crippen molar-refractivity contribution in [3.63, 3.8) is 0 Å². The molecule has 0 aliphatic carbocycles. The Labute approximate surface area is 437 Å². The molecule has 0 aliphatic rings. The van der Waals surface area contributed by atoms with Gasteiger partial charge in [0.05, 0.1) is 13.2 Å². The lowest BCUT2D eigenvalue weighted by Crippen LogP contribution is -2.46. The lowest BCUT2D eigenvalue weighted by atomic mass is 9.87. The van der Waals surface area contributed by atoms with Crippen LogP contribution in [0.3, 0.4) is 0 Å². The minimum atomic E-state index is -2.82. The monoisotopic (exact) mass is 1120 g/mol. The first kappa shape index (κ1) is 70.3. The van der Waals surface area contributed by atoms with E-state index < -0.39 is 47.1 Å². The standard InChI is InChI=1S/2C22H46O8S2Si2/c1-7-25-33(26-8-2,27-9-3)19-13-17-23-21(31)15-16-22(32)24-18-14-20-34(28-10-4,29-11-5)30-12-6;1-7-25-33(26-8-2,27-9-3)17-13-15-19(21(23)31)20(22(24)32)16-14-18-34(28-10-4,29-11-5)30-12-6/h7-20H2,1-6H3;19-20H,7-18H2,1-6H3,(H,23,31)(H,24,32).